The van der Waals surface area contributed by atoms with E-state index < -0.39 is 0 Å². The SMILES string of the molecule is Nc1ccc(N2CCC[C@H]2CO)nc1. The Morgan fingerprint density at radius 3 is 3.07 bits per heavy atom. The van der Waals surface area contributed by atoms with Crippen molar-refractivity contribution in [3.63, 3.8) is 0 Å². The summed E-state index contributed by atoms with van der Waals surface area (Å²) in [4.78, 5) is 6.39. The monoisotopic (exact) mass is 193 g/mol. The van der Waals surface area contributed by atoms with Crippen molar-refractivity contribution < 1.29 is 5.11 Å². The number of nitrogen functional groups attached to an aromatic ring is 1. The third-order valence-electron chi connectivity index (χ3n) is 2.65. The summed E-state index contributed by atoms with van der Waals surface area (Å²) in [5.41, 5.74) is 6.24. The van der Waals surface area contributed by atoms with Gasteiger partial charge in [-0.05, 0) is 25.0 Å². The quantitative estimate of drug-likeness (QED) is 0.723. The van der Waals surface area contributed by atoms with E-state index in [1.54, 1.807) is 6.20 Å². The number of aliphatic hydroxyl groups is 1. The zero-order chi connectivity index (χ0) is 9.97. The number of aliphatic hydroxyl groups excluding tert-OH is 1. The number of anilines is 2. The van der Waals surface area contributed by atoms with Gasteiger partial charge in [-0.25, -0.2) is 4.98 Å². The molecule has 0 spiro atoms. The molecule has 1 aliphatic heterocycles. The lowest BCUT2D eigenvalue weighted by Crippen LogP contribution is -2.32. The van der Waals surface area contributed by atoms with Crippen molar-refractivity contribution in [3.05, 3.63) is 18.3 Å². The number of pyridine rings is 1. The Morgan fingerprint density at radius 2 is 2.43 bits per heavy atom. The lowest BCUT2D eigenvalue weighted by molar-refractivity contribution is 0.266. The molecule has 1 aliphatic rings. The Morgan fingerprint density at radius 1 is 1.57 bits per heavy atom. The third kappa shape index (κ3) is 1.65. The van der Waals surface area contributed by atoms with Crippen LogP contribution < -0.4 is 10.6 Å². The van der Waals surface area contributed by atoms with Crippen LogP contribution >= 0.6 is 0 Å². The predicted molar refractivity (Wildman–Crippen MR) is 56.1 cm³/mol. The largest absolute Gasteiger partial charge is 0.397 e. The summed E-state index contributed by atoms with van der Waals surface area (Å²) < 4.78 is 0. The molecule has 0 amide bonds. The second kappa shape index (κ2) is 3.84. The summed E-state index contributed by atoms with van der Waals surface area (Å²) in [6.07, 6.45) is 3.82. The summed E-state index contributed by atoms with van der Waals surface area (Å²) in [6, 6.07) is 3.98. The Labute approximate surface area is 83.4 Å². The van der Waals surface area contributed by atoms with Gasteiger partial charge in [0.15, 0.2) is 0 Å². The fraction of sp³-hybridized carbons (Fsp3) is 0.500. The first-order chi connectivity index (χ1) is 6.81. The van der Waals surface area contributed by atoms with Crippen molar-refractivity contribution in [1.29, 1.82) is 0 Å². The van der Waals surface area contributed by atoms with Gasteiger partial charge in [0.1, 0.15) is 5.82 Å². The van der Waals surface area contributed by atoms with Crippen molar-refractivity contribution in [2.75, 3.05) is 23.8 Å². The van der Waals surface area contributed by atoms with E-state index >= 15 is 0 Å². The smallest absolute Gasteiger partial charge is 0.128 e. The molecule has 1 aromatic rings. The van der Waals surface area contributed by atoms with Crippen molar-refractivity contribution >= 4 is 11.5 Å². The second-order valence-corrected chi connectivity index (χ2v) is 3.62. The Hall–Kier alpha value is -1.29. The van der Waals surface area contributed by atoms with Crippen LogP contribution in [0.5, 0.6) is 0 Å². The summed E-state index contributed by atoms with van der Waals surface area (Å²) >= 11 is 0. The van der Waals surface area contributed by atoms with Gasteiger partial charge in [-0.3, -0.25) is 0 Å². The van der Waals surface area contributed by atoms with Crippen LogP contribution in [0.1, 0.15) is 12.8 Å². The molecule has 2 rings (SSSR count). The molecule has 0 radical (unpaired) electrons. The Kier molecular flexibility index (Phi) is 2.54. The molecule has 1 atom stereocenters. The maximum absolute atomic E-state index is 9.16. The molecule has 1 saturated heterocycles. The average molecular weight is 193 g/mol. The summed E-state index contributed by atoms with van der Waals surface area (Å²) in [5.74, 6) is 0.913. The van der Waals surface area contributed by atoms with Gasteiger partial charge in [0.2, 0.25) is 0 Å². The van der Waals surface area contributed by atoms with Crippen LogP contribution in [-0.2, 0) is 0 Å². The molecule has 0 aliphatic carbocycles. The number of nitrogens with two attached hydrogens (primary N) is 1. The van der Waals surface area contributed by atoms with Crippen molar-refractivity contribution in [1.82, 2.24) is 4.98 Å². The molecule has 1 fully saturated rings. The lowest BCUT2D eigenvalue weighted by atomic mass is 10.2. The molecule has 0 aromatic carbocycles. The van der Waals surface area contributed by atoms with E-state index in [4.69, 9.17) is 10.8 Å². The normalized spacial score (nSPS) is 21.5. The molecule has 0 bridgehead atoms. The fourth-order valence-corrected chi connectivity index (χ4v) is 1.89. The zero-order valence-electron chi connectivity index (χ0n) is 8.06. The molecule has 1 aromatic heterocycles. The van der Waals surface area contributed by atoms with Gasteiger partial charge in [0, 0.05) is 6.54 Å². The van der Waals surface area contributed by atoms with Gasteiger partial charge in [0.05, 0.1) is 24.5 Å². The lowest BCUT2D eigenvalue weighted by Gasteiger charge is -2.23. The summed E-state index contributed by atoms with van der Waals surface area (Å²) in [5, 5.41) is 9.16. The van der Waals surface area contributed by atoms with E-state index in [-0.39, 0.29) is 12.6 Å². The number of hydrogen-bond donors (Lipinski definition) is 2. The summed E-state index contributed by atoms with van der Waals surface area (Å²) in [7, 11) is 0. The highest BCUT2D eigenvalue weighted by Gasteiger charge is 2.24. The van der Waals surface area contributed by atoms with Crippen molar-refractivity contribution in [3.8, 4) is 0 Å². The van der Waals surface area contributed by atoms with Crippen LogP contribution in [0.4, 0.5) is 11.5 Å². The van der Waals surface area contributed by atoms with Gasteiger partial charge in [-0.2, -0.15) is 0 Å². The van der Waals surface area contributed by atoms with Gasteiger partial charge < -0.3 is 15.7 Å². The number of nitrogens with zero attached hydrogens (tertiary/aromatic N) is 2. The average Bonchev–Trinajstić information content (AvgIpc) is 2.67. The third-order valence-corrected chi connectivity index (χ3v) is 2.65. The Balaban J connectivity index is 2.17. The predicted octanol–water partition coefficient (Wildman–Crippen LogP) is 0.625. The fourth-order valence-electron chi connectivity index (χ4n) is 1.89. The molecule has 2 heterocycles. The van der Waals surface area contributed by atoms with E-state index in [1.165, 1.54) is 0 Å². The van der Waals surface area contributed by atoms with Gasteiger partial charge in [-0.15, -0.1) is 0 Å². The highest BCUT2D eigenvalue weighted by molar-refractivity contribution is 5.47. The van der Waals surface area contributed by atoms with Crippen LogP contribution in [0.3, 0.4) is 0 Å². The molecule has 3 N–H and O–H groups in total. The highest BCUT2D eigenvalue weighted by Crippen LogP contribution is 2.23. The molecule has 0 saturated carbocycles. The molecule has 14 heavy (non-hydrogen) atoms. The highest BCUT2D eigenvalue weighted by atomic mass is 16.3. The van der Waals surface area contributed by atoms with Gasteiger partial charge in [0.25, 0.3) is 0 Å². The first kappa shape index (κ1) is 9.27. The van der Waals surface area contributed by atoms with Crippen molar-refractivity contribution in [2.24, 2.45) is 0 Å². The number of aromatic nitrogens is 1. The molecule has 4 heteroatoms. The molecule has 4 nitrogen and oxygen atoms in total. The number of rotatable bonds is 2. The van der Waals surface area contributed by atoms with Crippen LogP contribution in [0, 0.1) is 0 Å². The standard InChI is InChI=1S/C10H15N3O/c11-8-3-4-10(12-6-8)13-5-1-2-9(13)7-14/h3-4,6,9,14H,1-2,5,7,11H2/t9-/m0/s1. The summed E-state index contributed by atoms with van der Waals surface area (Å²) in [6.45, 7) is 1.17. The number of hydrogen-bond acceptors (Lipinski definition) is 4. The minimum Gasteiger partial charge on any atom is -0.397 e. The van der Waals surface area contributed by atoms with E-state index in [0.717, 1.165) is 25.2 Å². The van der Waals surface area contributed by atoms with Crippen LogP contribution in [0.15, 0.2) is 18.3 Å². The van der Waals surface area contributed by atoms with E-state index in [0.29, 0.717) is 5.69 Å². The zero-order valence-corrected chi connectivity index (χ0v) is 8.06. The second-order valence-electron chi connectivity index (χ2n) is 3.62. The molecule has 76 valence electrons. The maximum atomic E-state index is 9.16. The maximum Gasteiger partial charge on any atom is 0.128 e. The Bertz CT molecular complexity index is 299. The molecule has 0 unspecified atom stereocenters. The van der Waals surface area contributed by atoms with Gasteiger partial charge >= 0.3 is 0 Å². The van der Waals surface area contributed by atoms with Crippen LogP contribution in [0.2, 0.25) is 0 Å². The van der Waals surface area contributed by atoms with Gasteiger partial charge in [-0.1, -0.05) is 0 Å². The minimum absolute atomic E-state index is 0.200. The van der Waals surface area contributed by atoms with E-state index in [2.05, 4.69) is 9.88 Å². The van der Waals surface area contributed by atoms with Crippen molar-refractivity contribution in [2.45, 2.75) is 18.9 Å². The van der Waals surface area contributed by atoms with Crippen LogP contribution in [-0.4, -0.2) is 29.3 Å². The first-order valence-corrected chi connectivity index (χ1v) is 4.90. The minimum atomic E-state index is 0.200. The van der Waals surface area contributed by atoms with E-state index in [1.807, 2.05) is 12.1 Å². The van der Waals surface area contributed by atoms with Crippen LogP contribution in [0.25, 0.3) is 0 Å². The van der Waals surface area contributed by atoms with E-state index in [9.17, 15) is 0 Å². The molecular formula is C10H15N3O. The first-order valence-electron chi connectivity index (χ1n) is 4.90. The molecular weight excluding hydrogens is 178 g/mol. The topological polar surface area (TPSA) is 62.4 Å².